The van der Waals surface area contributed by atoms with E-state index < -0.39 is 0 Å². The van der Waals surface area contributed by atoms with Gasteiger partial charge in [-0.2, -0.15) is 9.78 Å². The zero-order valence-corrected chi connectivity index (χ0v) is 17.3. The van der Waals surface area contributed by atoms with E-state index in [1.807, 2.05) is 41.4 Å². The lowest BCUT2D eigenvalue weighted by Crippen LogP contribution is -2.34. The number of aromatic nitrogens is 3. The Morgan fingerprint density at radius 2 is 1.81 bits per heavy atom. The summed E-state index contributed by atoms with van der Waals surface area (Å²) in [5.41, 5.74) is 2.40. The molecular formula is C24H24N4O3. The Morgan fingerprint density at radius 1 is 1.03 bits per heavy atom. The van der Waals surface area contributed by atoms with Gasteiger partial charge in [-0.05, 0) is 42.9 Å². The van der Waals surface area contributed by atoms with Crippen LogP contribution in [0.1, 0.15) is 30.3 Å². The Bertz CT molecular complexity index is 1100. The average molecular weight is 416 g/mol. The molecule has 1 saturated carbocycles. The molecule has 3 atom stereocenters. The number of benzene rings is 1. The van der Waals surface area contributed by atoms with Crippen molar-refractivity contribution in [2.45, 2.75) is 25.9 Å². The van der Waals surface area contributed by atoms with Crippen molar-refractivity contribution in [2.75, 3.05) is 13.1 Å². The number of likely N-dealkylation sites (tertiary alicyclic amines) is 1. The number of carbonyl (C=O) groups excluding carboxylic acids is 2. The van der Waals surface area contributed by atoms with Crippen molar-refractivity contribution in [2.24, 2.45) is 11.8 Å². The average Bonchev–Trinajstić information content (AvgIpc) is 3.49. The molecule has 1 aromatic carbocycles. The van der Waals surface area contributed by atoms with Crippen molar-refractivity contribution in [3.05, 3.63) is 66.7 Å². The van der Waals surface area contributed by atoms with E-state index in [0.29, 0.717) is 30.6 Å². The van der Waals surface area contributed by atoms with E-state index in [-0.39, 0.29) is 17.9 Å². The molecule has 31 heavy (non-hydrogen) atoms. The fourth-order valence-corrected chi connectivity index (χ4v) is 4.77. The van der Waals surface area contributed by atoms with Gasteiger partial charge in [0.05, 0.1) is 6.10 Å². The van der Waals surface area contributed by atoms with Crippen LogP contribution in [0.4, 0.5) is 4.79 Å². The van der Waals surface area contributed by atoms with Gasteiger partial charge in [-0.1, -0.05) is 24.3 Å². The van der Waals surface area contributed by atoms with Crippen LogP contribution in [-0.2, 0) is 0 Å². The molecule has 1 aliphatic heterocycles. The molecule has 1 saturated heterocycles. The van der Waals surface area contributed by atoms with Crippen LogP contribution in [0.3, 0.4) is 0 Å². The maximum absolute atomic E-state index is 12.8. The summed E-state index contributed by atoms with van der Waals surface area (Å²) in [7, 11) is 0. The van der Waals surface area contributed by atoms with Gasteiger partial charge in [-0.15, -0.1) is 0 Å². The molecule has 5 rings (SSSR count). The van der Waals surface area contributed by atoms with Gasteiger partial charge in [-0.25, -0.2) is 4.79 Å². The molecule has 0 N–H and O–H groups in total. The highest BCUT2D eigenvalue weighted by Gasteiger charge is 2.43. The maximum atomic E-state index is 12.8. The number of ether oxygens (including phenoxy) is 1. The molecule has 7 nitrogen and oxygen atoms in total. The topological polar surface area (TPSA) is 77.3 Å². The fourth-order valence-electron chi connectivity index (χ4n) is 4.77. The van der Waals surface area contributed by atoms with E-state index in [4.69, 9.17) is 4.74 Å². The highest BCUT2D eigenvalue weighted by atomic mass is 16.5. The monoisotopic (exact) mass is 416 g/mol. The van der Waals surface area contributed by atoms with Gasteiger partial charge in [0.15, 0.2) is 5.78 Å². The van der Waals surface area contributed by atoms with Crippen LogP contribution in [0.2, 0.25) is 0 Å². The smallest absolute Gasteiger partial charge is 0.344 e. The van der Waals surface area contributed by atoms with Gasteiger partial charge < -0.3 is 9.64 Å². The third-order valence-electron chi connectivity index (χ3n) is 6.28. The van der Waals surface area contributed by atoms with Crippen LogP contribution >= 0.6 is 0 Å². The first-order valence-electron chi connectivity index (χ1n) is 10.6. The quantitative estimate of drug-likeness (QED) is 0.603. The molecule has 158 valence electrons. The third-order valence-corrected chi connectivity index (χ3v) is 6.28. The highest BCUT2D eigenvalue weighted by molar-refractivity contribution is 5.92. The van der Waals surface area contributed by atoms with E-state index in [2.05, 4.69) is 16.1 Å². The van der Waals surface area contributed by atoms with Gasteiger partial charge in [0.25, 0.3) is 0 Å². The lowest BCUT2D eigenvalue weighted by atomic mass is 10.0. The van der Waals surface area contributed by atoms with Crippen LogP contribution in [0, 0.1) is 11.8 Å². The van der Waals surface area contributed by atoms with Crippen LogP contribution in [-0.4, -0.2) is 50.7 Å². The third kappa shape index (κ3) is 3.83. The second kappa shape index (κ2) is 7.98. The Hall–Kier alpha value is -3.48. The molecule has 0 bridgehead atoms. The number of ketones is 1. The molecular weight excluding hydrogens is 392 g/mol. The summed E-state index contributed by atoms with van der Waals surface area (Å²) in [5, 5.41) is 4.10. The molecule has 1 aliphatic carbocycles. The molecule has 3 aromatic rings. The lowest BCUT2D eigenvalue weighted by molar-refractivity contribution is 0.101. The minimum Gasteiger partial charge on any atom is -0.490 e. The molecule has 2 aliphatic rings. The van der Waals surface area contributed by atoms with E-state index in [1.165, 1.54) is 11.6 Å². The second-order valence-corrected chi connectivity index (χ2v) is 8.36. The standard InChI is InChI=1S/C24H24N4O3/c1-16(29)22-8-10-28(26-22)24(30)27-14-18-11-20(12-19(18)15-27)31-23-7-3-2-6-21(23)17-5-4-9-25-13-17/h2-10,13,18-20H,11-12,14-15H2,1H3/t18-,19+,20+. The van der Waals surface area contributed by atoms with Crippen LogP contribution in [0.15, 0.2) is 61.1 Å². The van der Waals surface area contributed by atoms with Gasteiger partial charge in [-0.3, -0.25) is 9.78 Å². The van der Waals surface area contributed by atoms with Crippen molar-refractivity contribution < 1.29 is 14.3 Å². The molecule has 0 radical (unpaired) electrons. The first-order valence-corrected chi connectivity index (χ1v) is 10.6. The molecule has 3 heterocycles. The zero-order chi connectivity index (χ0) is 21.4. The summed E-state index contributed by atoms with van der Waals surface area (Å²) < 4.78 is 7.69. The van der Waals surface area contributed by atoms with Crippen molar-refractivity contribution in [1.82, 2.24) is 19.7 Å². The Labute approximate surface area is 180 Å². The maximum Gasteiger partial charge on any atom is 0.344 e. The van der Waals surface area contributed by atoms with Crippen LogP contribution in [0.25, 0.3) is 11.1 Å². The van der Waals surface area contributed by atoms with Gasteiger partial charge in [0.2, 0.25) is 0 Å². The first kappa shape index (κ1) is 19.5. The summed E-state index contributed by atoms with van der Waals surface area (Å²) in [6, 6.07) is 13.4. The predicted octanol–water partition coefficient (Wildman–Crippen LogP) is 3.91. The number of hydrogen-bond acceptors (Lipinski definition) is 5. The number of rotatable bonds is 4. The number of carbonyl (C=O) groups is 2. The largest absolute Gasteiger partial charge is 0.490 e. The Morgan fingerprint density at radius 3 is 2.48 bits per heavy atom. The molecule has 1 amide bonds. The number of pyridine rings is 1. The Balaban J connectivity index is 1.23. The Kier molecular flexibility index (Phi) is 5.02. The normalized spacial score (nSPS) is 22.4. The number of hydrogen-bond donors (Lipinski definition) is 0. The van der Waals surface area contributed by atoms with Crippen molar-refractivity contribution >= 4 is 11.8 Å². The van der Waals surface area contributed by atoms with E-state index in [9.17, 15) is 9.59 Å². The first-order chi connectivity index (χ1) is 15.1. The highest BCUT2D eigenvalue weighted by Crippen LogP contribution is 2.41. The number of Topliss-reactive ketones (excluding diaryl/α,β-unsaturated/α-hetero) is 1. The second-order valence-electron chi connectivity index (χ2n) is 8.36. The number of nitrogens with zero attached hydrogens (tertiary/aromatic N) is 4. The van der Waals surface area contributed by atoms with E-state index in [0.717, 1.165) is 29.7 Å². The summed E-state index contributed by atoms with van der Waals surface area (Å²) >= 11 is 0. The zero-order valence-electron chi connectivity index (χ0n) is 17.3. The predicted molar refractivity (Wildman–Crippen MR) is 115 cm³/mol. The minimum atomic E-state index is -0.165. The van der Waals surface area contributed by atoms with Crippen LogP contribution in [0.5, 0.6) is 5.75 Å². The number of fused-ring (bicyclic) bond motifs is 1. The molecule has 0 spiro atoms. The summed E-state index contributed by atoms with van der Waals surface area (Å²) in [6.45, 7) is 2.84. The summed E-state index contributed by atoms with van der Waals surface area (Å²) in [5.74, 6) is 1.57. The van der Waals surface area contributed by atoms with Gasteiger partial charge in [0, 0.05) is 49.7 Å². The van der Waals surface area contributed by atoms with Gasteiger partial charge >= 0.3 is 6.03 Å². The SMILES string of the molecule is CC(=O)c1ccn(C(=O)N2C[C@H]3C[C@H](Oc4ccccc4-c4cccnc4)C[C@H]3C2)n1. The fraction of sp³-hybridized carbons (Fsp3) is 0.333. The van der Waals surface area contributed by atoms with Crippen molar-refractivity contribution in [3.8, 4) is 16.9 Å². The van der Waals surface area contributed by atoms with Crippen molar-refractivity contribution in [3.63, 3.8) is 0 Å². The van der Waals surface area contributed by atoms with E-state index in [1.54, 1.807) is 18.5 Å². The number of amides is 1. The van der Waals surface area contributed by atoms with Gasteiger partial charge in [0.1, 0.15) is 11.4 Å². The molecule has 2 fully saturated rings. The lowest BCUT2D eigenvalue weighted by Gasteiger charge is -2.21. The summed E-state index contributed by atoms with van der Waals surface area (Å²) in [6.07, 6.45) is 7.17. The van der Waals surface area contributed by atoms with Crippen molar-refractivity contribution in [1.29, 1.82) is 0 Å². The molecule has 7 heteroatoms. The molecule has 2 aromatic heterocycles. The minimum absolute atomic E-state index is 0.138. The summed E-state index contributed by atoms with van der Waals surface area (Å²) in [4.78, 5) is 30.3. The number of para-hydroxylation sites is 1. The molecule has 0 unspecified atom stereocenters. The van der Waals surface area contributed by atoms with E-state index >= 15 is 0 Å². The van der Waals surface area contributed by atoms with Crippen LogP contribution < -0.4 is 4.74 Å².